The molecule has 2 nitrogen and oxygen atoms in total. The summed E-state index contributed by atoms with van der Waals surface area (Å²) in [5, 5.41) is 3.36. The Morgan fingerprint density at radius 3 is 2.63 bits per heavy atom. The van der Waals surface area contributed by atoms with Crippen LogP contribution < -0.4 is 5.32 Å². The number of nitrogens with one attached hydrogen (secondary N) is 1. The van der Waals surface area contributed by atoms with Crippen LogP contribution in [0.5, 0.6) is 0 Å². The van der Waals surface area contributed by atoms with E-state index in [1.54, 1.807) is 0 Å². The van der Waals surface area contributed by atoms with Crippen molar-refractivity contribution in [1.29, 1.82) is 0 Å². The fraction of sp³-hybridized carbons (Fsp3) is 0.529. The van der Waals surface area contributed by atoms with E-state index < -0.39 is 0 Å². The second-order valence-electron chi connectivity index (χ2n) is 4.75. The summed E-state index contributed by atoms with van der Waals surface area (Å²) in [6, 6.07) is 4.56. The van der Waals surface area contributed by atoms with E-state index in [-0.39, 0.29) is 0 Å². The van der Waals surface area contributed by atoms with Gasteiger partial charge < -0.3 is 9.73 Å². The van der Waals surface area contributed by atoms with Gasteiger partial charge in [0.15, 0.2) is 0 Å². The molecule has 1 N–H and O–H groups in total. The van der Waals surface area contributed by atoms with E-state index in [9.17, 15) is 0 Å². The Bertz CT molecular complexity index is 440. The molecule has 0 saturated heterocycles. The van der Waals surface area contributed by atoms with Gasteiger partial charge in [0.05, 0.1) is 0 Å². The third-order valence-corrected chi connectivity index (χ3v) is 2.98. The molecule has 0 aromatic carbocycles. The molecular formula is C17H27NO. The first-order valence-corrected chi connectivity index (χ1v) is 7.44. The standard InChI is InChI=1S/C15H21NO.C2H6/c1-4-5-6-14-7-8-15(17-14)13-9-11(2)16-12(3)10-13;1-2/h7-11,16H,4-6H2,1-3H3;1-2H3. The Hall–Kier alpha value is -1.44. The molecule has 1 aliphatic heterocycles. The predicted molar refractivity (Wildman–Crippen MR) is 83.0 cm³/mol. The maximum atomic E-state index is 5.88. The van der Waals surface area contributed by atoms with E-state index in [2.05, 4.69) is 50.4 Å². The molecule has 2 heterocycles. The van der Waals surface area contributed by atoms with E-state index in [0.717, 1.165) is 17.9 Å². The van der Waals surface area contributed by atoms with Crippen LogP contribution in [-0.2, 0) is 6.42 Å². The Morgan fingerprint density at radius 2 is 2.00 bits per heavy atom. The summed E-state index contributed by atoms with van der Waals surface area (Å²) in [6.45, 7) is 10.4. The van der Waals surface area contributed by atoms with Crippen molar-refractivity contribution in [2.24, 2.45) is 0 Å². The lowest BCUT2D eigenvalue weighted by molar-refractivity contribution is 0.490. The Morgan fingerprint density at radius 1 is 1.26 bits per heavy atom. The quantitative estimate of drug-likeness (QED) is 0.831. The van der Waals surface area contributed by atoms with Gasteiger partial charge in [-0.15, -0.1) is 0 Å². The number of aryl methyl sites for hydroxylation is 1. The van der Waals surface area contributed by atoms with Gasteiger partial charge in [-0.05, 0) is 38.5 Å². The van der Waals surface area contributed by atoms with Crippen molar-refractivity contribution in [2.45, 2.75) is 59.9 Å². The van der Waals surface area contributed by atoms with Crippen molar-refractivity contribution >= 4 is 5.57 Å². The van der Waals surface area contributed by atoms with Crippen LogP contribution in [0.2, 0.25) is 0 Å². The molecule has 0 amide bonds. The lowest BCUT2D eigenvalue weighted by Gasteiger charge is -2.18. The highest BCUT2D eigenvalue weighted by atomic mass is 16.3. The summed E-state index contributed by atoms with van der Waals surface area (Å²) in [7, 11) is 0. The summed E-state index contributed by atoms with van der Waals surface area (Å²) in [6.07, 6.45) is 7.79. The van der Waals surface area contributed by atoms with Crippen LogP contribution in [0.4, 0.5) is 0 Å². The van der Waals surface area contributed by atoms with Crippen LogP contribution in [0, 0.1) is 0 Å². The fourth-order valence-corrected chi connectivity index (χ4v) is 2.16. The number of hydrogen-bond donors (Lipinski definition) is 1. The molecule has 106 valence electrons. The number of allylic oxidation sites excluding steroid dienone is 3. The highest BCUT2D eigenvalue weighted by molar-refractivity contribution is 5.73. The van der Waals surface area contributed by atoms with Gasteiger partial charge in [0.25, 0.3) is 0 Å². The minimum atomic E-state index is 0.374. The van der Waals surface area contributed by atoms with Crippen LogP contribution in [-0.4, -0.2) is 6.04 Å². The summed E-state index contributed by atoms with van der Waals surface area (Å²) in [5.74, 6) is 2.09. The molecule has 2 heteroatoms. The molecule has 0 saturated carbocycles. The van der Waals surface area contributed by atoms with Gasteiger partial charge in [-0.1, -0.05) is 33.3 Å². The van der Waals surface area contributed by atoms with Crippen molar-refractivity contribution in [3.8, 4) is 0 Å². The molecule has 0 radical (unpaired) electrons. The minimum Gasteiger partial charge on any atom is -0.461 e. The Labute approximate surface area is 117 Å². The van der Waals surface area contributed by atoms with Gasteiger partial charge in [-0.3, -0.25) is 0 Å². The van der Waals surface area contributed by atoms with Crippen LogP contribution in [0.1, 0.15) is 59.0 Å². The van der Waals surface area contributed by atoms with E-state index in [4.69, 9.17) is 4.42 Å². The second-order valence-corrected chi connectivity index (χ2v) is 4.75. The molecule has 0 aliphatic carbocycles. The average Bonchev–Trinajstić information content (AvgIpc) is 2.86. The average molecular weight is 261 g/mol. The topological polar surface area (TPSA) is 25.2 Å². The fourth-order valence-electron chi connectivity index (χ4n) is 2.16. The molecule has 1 atom stereocenters. The monoisotopic (exact) mass is 261 g/mol. The van der Waals surface area contributed by atoms with Crippen molar-refractivity contribution in [3.63, 3.8) is 0 Å². The molecule has 0 spiro atoms. The van der Waals surface area contributed by atoms with Gasteiger partial charge in [0.1, 0.15) is 11.5 Å². The number of hydrogen-bond acceptors (Lipinski definition) is 2. The van der Waals surface area contributed by atoms with Crippen molar-refractivity contribution in [1.82, 2.24) is 5.32 Å². The van der Waals surface area contributed by atoms with E-state index >= 15 is 0 Å². The molecule has 1 unspecified atom stereocenters. The van der Waals surface area contributed by atoms with Gasteiger partial charge in [-0.2, -0.15) is 0 Å². The summed E-state index contributed by atoms with van der Waals surface area (Å²) in [5.41, 5.74) is 2.39. The third-order valence-electron chi connectivity index (χ3n) is 2.98. The van der Waals surface area contributed by atoms with E-state index in [0.29, 0.717) is 6.04 Å². The molecule has 19 heavy (non-hydrogen) atoms. The normalized spacial score (nSPS) is 17.8. The van der Waals surface area contributed by atoms with Crippen LogP contribution >= 0.6 is 0 Å². The van der Waals surface area contributed by atoms with Crippen LogP contribution in [0.25, 0.3) is 5.57 Å². The van der Waals surface area contributed by atoms with E-state index in [1.165, 1.54) is 24.1 Å². The van der Waals surface area contributed by atoms with Gasteiger partial charge in [-0.25, -0.2) is 0 Å². The molecule has 1 aliphatic rings. The van der Waals surface area contributed by atoms with Crippen molar-refractivity contribution < 1.29 is 4.42 Å². The summed E-state index contributed by atoms with van der Waals surface area (Å²) in [4.78, 5) is 0. The first-order chi connectivity index (χ1) is 9.19. The lowest BCUT2D eigenvalue weighted by Crippen LogP contribution is -2.24. The number of dihydropyridines is 1. The number of furan rings is 1. The van der Waals surface area contributed by atoms with Crippen LogP contribution in [0.3, 0.4) is 0 Å². The first-order valence-electron chi connectivity index (χ1n) is 7.44. The number of unbranched alkanes of at least 4 members (excludes halogenated alkanes) is 1. The second kappa shape index (κ2) is 7.88. The van der Waals surface area contributed by atoms with E-state index in [1.807, 2.05) is 13.8 Å². The predicted octanol–water partition coefficient (Wildman–Crippen LogP) is 4.93. The zero-order valence-corrected chi connectivity index (χ0v) is 12.9. The van der Waals surface area contributed by atoms with Gasteiger partial charge in [0, 0.05) is 23.7 Å². The Kier molecular flexibility index (Phi) is 6.48. The third kappa shape index (κ3) is 4.62. The zero-order valence-electron chi connectivity index (χ0n) is 12.9. The SMILES string of the molecule is CC.CCCCc1ccc(C2=CC(C)NC(C)=C2)o1. The molecule has 2 rings (SSSR count). The maximum absolute atomic E-state index is 5.88. The van der Waals surface area contributed by atoms with Gasteiger partial charge >= 0.3 is 0 Å². The van der Waals surface area contributed by atoms with Gasteiger partial charge in [0.2, 0.25) is 0 Å². The van der Waals surface area contributed by atoms with Crippen LogP contribution in [0.15, 0.2) is 34.4 Å². The smallest absolute Gasteiger partial charge is 0.134 e. The molecule has 0 bridgehead atoms. The number of rotatable bonds is 4. The molecular weight excluding hydrogens is 234 g/mol. The first kappa shape index (κ1) is 15.6. The molecule has 1 aromatic rings. The zero-order chi connectivity index (χ0) is 14.3. The minimum absolute atomic E-state index is 0.374. The highest BCUT2D eigenvalue weighted by Gasteiger charge is 2.12. The molecule has 0 fully saturated rings. The largest absolute Gasteiger partial charge is 0.461 e. The van der Waals surface area contributed by atoms with Crippen molar-refractivity contribution in [2.75, 3.05) is 0 Å². The Balaban J connectivity index is 0.000000861. The maximum Gasteiger partial charge on any atom is 0.134 e. The van der Waals surface area contributed by atoms with Crippen molar-refractivity contribution in [3.05, 3.63) is 41.5 Å². The summed E-state index contributed by atoms with van der Waals surface area (Å²) < 4.78 is 5.88. The summed E-state index contributed by atoms with van der Waals surface area (Å²) >= 11 is 0. The highest BCUT2D eigenvalue weighted by Crippen LogP contribution is 2.24. The molecule has 1 aromatic heterocycles. The lowest BCUT2D eigenvalue weighted by atomic mass is 10.1.